The number of β-amino-alcohol motifs (C(OH)–C–C–N with tert-alkyl or cyclic N) is 1. The number of phenols is 1. The molecular formula is C16H19N3O3S. The number of nitrogens with one attached hydrogen (secondary N) is 2. The molecule has 1 unspecified atom stereocenters. The molecule has 1 aliphatic heterocycles. The first kappa shape index (κ1) is 15.9. The highest BCUT2D eigenvalue weighted by molar-refractivity contribution is 7.13. The number of aryl methyl sites for hydroxylation is 1. The number of benzene rings is 1. The third kappa shape index (κ3) is 3.52. The number of nitrogens with zero attached hydrogens (tertiary/aromatic N) is 1. The minimum absolute atomic E-state index is 0.148. The van der Waals surface area contributed by atoms with E-state index in [4.69, 9.17) is 0 Å². The van der Waals surface area contributed by atoms with Crippen molar-refractivity contribution in [2.75, 3.05) is 6.54 Å². The van der Waals surface area contributed by atoms with Crippen molar-refractivity contribution in [3.05, 3.63) is 35.0 Å². The summed E-state index contributed by atoms with van der Waals surface area (Å²) in [4.78, 5) is 17.2. The normalized spacial score (nSPS) is 20.6. The summed E-state index contributed by atoms with van der Waals surface area (Å²) in [6.07, 6.45) is -0.0532. The van der Waals surface area contributed by atoms with Gasteiger partial charge in [-0.15, -0.1) is 11.3 Å². The Morgan fingerprint density at radius 2 is 2.35 bits per heavy atom. The second kappa shape index (κ2) is 6.66. The van der Waals surface area contributed by atoms with Gasteiger partial charge in [-0.3, -0.25) is 4.79 Å². The Labute approximate surface area is 138 Å². The Morgan fingerprint density at radius 3 is 2.96 bits per heavy atom. The Kier molecular flexibility index (Phi) is 4.61. The van der Waals surface area contributed by atoms with E-state index in [0.29, 0.717) is 18.5 Å². The summed E-state index contributed by atoms with van der Waals surface area (Å²) < 4.78 is 0. The second-order valence-electron chi connectivity index (χ2n) is 5.68. The first-order valence-corrected chi connectivity index (χ1v) is 8.34. The van der Waals surface area contributed by atoms with Gasteiger partial charge in [0.2, 0.25) is 5.91 Å². The zero-order valence-corrected chi connectivity index (χ0v) is 13.6. The van der Waals surface area contributed by atoms with Crippen LogP contribution in [0.1, 0.15) is 17.7 Å². The fourth-order valence-corrected chi connectivity index (χ4v) is 3.46. The van der Waals surface area contributed by atoms with E-state index in [1.165, 1.54) is 11.3 Å². The first-order valence-electron chi connectivity index (χ1n) is 7.46. The van der Waals surface area contributed by atoms with Crippen molar-refractivity contribution in [2.45, 2.75) is 32.0 Å². The summed E-state index contributed by atoms with van der Waals surface area (Å²) in [6.45, 7) is 2.62. The molecule has 2 atom stereocenters. The highest BCUT2D eigenvalue weighted by Crippen LogP contribution is 2.31. The molecule has 23 heavy (non-hydrogen) atoms. The van der Waals surface area contributed by atoms with E-state index in [0.717, 1.165) is 16.1 Å². The van der Waals surface area contributed by atoms with Gasteiger partial charge in [-0.2, -0.15) is 0 Å². The number of phenolic OH excluding ortho intramolecular Hbond substituents is 1. The van der Waals surface area contributed by atoms with Crippen LogP contribution in [0.5, 0.6) is 5.75 Å². The third-order valence-corrected chi connectivity index (χ3v) is 4.95. The summed E-state index contributed by atoms with van der Waals surface area (Å²) in [6, 6.07) is 5.05. The fourth-order valence-electron chi connectivity index (χ4n) is 2.66. The van der Waals surface area contributed by atoms with Crippen LogP contribution in [0.4, 0.5) is 0 Å². The van der Waals surface area contributed by atoms with Gasteiger partial charge in [0.1, 0.15) is 5.75 Å². The molecule has 122 valence electrons. The van der Waals surface area contributed by atoms with Crippen LogP contribution in [0, 0.1) is 6.92 Å². The summed E-state index contributed by atoms with van der Waals surface area (Å²) in [5, 5.41) is 25.4. The Balaban J connectivity index is 1.65. The molecule has 3 rings (SSSR count). The Morgan fingerprint density at radius 1 is 1.52 bits per heavy atom. The van der Waals surface area contributed by atoms with Crippen LogP contribution >= 0.6 is 11.3 Å². The molecule has 4 N–H and O–H groups in total. The number of amides is 1. The molecule has 1 amide bonds. The number of aromatic hydroxyl groups is 1. The zero-order valence-electron chi connectivity index (χ0n) is 12.7. The van der Waals surface area contributed by atoms with Gasteiger partial charge in [0.25, 0.3) is 0 Å². The fraction of sp³-hybridized carbons (Fsp3) is 0.375. The molecule has 1 aromatic carbocycles. The summed E-state index contributed by atoms with van der Waals surface area (Å²) in [7, 11) is 0. The third-order valence-electron chi connectivity index (χ3n) is 3.97. The molecule has 1 fully saturated rings. The topological polar surface area (TPSA) is 94.5 Å². The SMILES string of the molecule is Cc1ncsc1-c1ccc(CNC(=O)C2C[C@@H](O)CN2)c(O)c1. The highest BCUT2D eigenvalue weighted by Gasteiger charge is 2.27. The predicted octanol–water partition coefficient (Wildman–Crippen LogP) is 1.16. The van der Waals surface area contributed by atoms with Crippen molar-refractivity contribution in [2.24, 2.45) is 0 Å². The summed E-state index contributed by atoms with van der Waals surface area (Å²) in [5.74, 6) is -0.0154. The van der Waals surface area contributed by atoms with Crippen LogP contribution in [0.2, 0.25) is 0 Å². The van der Waals surface area contributed by atoms with E-state index in [1.807, 2.05) is 13.0 Å². The molecule has 0 radical (unpaired) electrons. The van der Waals surface area contributed by atoms with Gasteiger partial charge >= 0.3 is 0 Å². The number of thiazole rings is 1. The van der Waals surface area contributed by atoms with Crippen molar-refractivity contribution < 1.29 is 15.0 Å². The van der Waals surface area contributed by atoms with Gasteiger partial charge in [-0.25, -0.2) is 4.98 Å². The lowest BCUT2D eigenvalue weighted by atomic mass is 10.1. The van der Waals surface area contributed by atoms with Gasteiger partial charge in [-0.1, -0.05) is 12.1 Å². The quantitative estimate of drug-likeness (QED) is 0.674. The van der Waals surface area contributed by atoms with Crippen LogP contribution in [0.25, 0.3) is 10.4 Å². The smallest absolute Gasteiger partial charge is 0.237 e. The molecule has 2 aromatic rings. The molecule has 1 aliphatic rings. The Bertz CT molecular complexity index is 716. The van der Waals surface area contributed by atoms with E-state index >= 15 is 0 Å². The second-order valence-corrected chi connectivity index (χ2v) is 6.53. The molecule has 2 heterocycles. The number of aromatic nitrogens is 1. The van der Waals surface area contributed by atoms with Crippen LogP contribution in [0.15, 0.2) is 23.7 Å². The van der Waals surface area contributed by atoms with Crippen LogP contribution in [0.3, 0.4) is 0 Å². The lowest BCUT2D eigenvalue weighted by Crippen LogP contribution is -2.40. The van der Waals surface area contributed by atoms with Gasteiger partial charge in [0.15, 0.2) is 0 Å². The standard InChI is InChI=1S/C16H19N3O3S/c1-9-15(23-8-19-9)10-2-3-11(14(21)4-10)6-18-16(22)13-5-12(20)7-17-13/h2-4,8,12-13,17,20-21H,5-7H2,1H3,(H,18,22)/t12-,13?/m1/s1. The number of carbonyl (C=O) groups is 1. The van der Waals surface area contributed by atoms with Crippen molar-refractivity contribution in [1.82, 2.24) is 15.6 Å². The van der Waals surface area contributed by atoms with E-state index in [2.05, 4.69) is 15.6 Å². The number of hydrogen-bond donors (Lipinski definition) is 4. The van der Waals surface area contributed by atoms with Crippen molar-refractivity contribution >= 4 is 17.2 Å². The van der Waals surface area contributed by atoms with E-state index < -0.39 is 6.10 Å². The van der Waals surface area contributed by atoms with Crippen molar-refractivity contribution in [3.8, 4) is 16.2 Å². The largest absolute Gasteiger partial charge is 0.508 e. The number of carbonyl (C=O) groups excluding carboxylic acids is 1. The van der Waals surface area contributed by atoms with Gasteiger partial charge in [0.05, 0.1) is 28.2 Å². The molecule has 0 spiro atoms. The number of aliphatic hydroxyl groups excluding tert-OH is 1. The highest BCUT2D eigenvalue weighted by atomic mass is 32.1. The first-order chi connectivity index (χ1) is 11.0. The number of aliphatic hydroxyl groups is 1. The average Bonchev–Trinajstić information content (AvgIpc) is 3.14. The minimum atomic E-state index is -0.471. The van der Waals surface area contributed by atoms with Gasteiger partial charge in [0, 0.05) is 18.7 Å². The number of hydrogen-bond acceptors (Lipinski definition) is 6. The van der Waals surface area contributed by atoms with Gasteiger partial charge < -0.3 is 20.8 Å². The Hall–Kier alpha value is -1.96. The van der Waals surface area contributed by atoms with E-state index in [9.17, 15) is 15.0 Å². The average molecular weight is 333 g/mol. The maximum Gasteiger partial charge on any atom is 0.237 e. The van der Waals surface area contributed by atoms with E-state index in [-0.39, 0.29) is 24.2 Å². The maximum atomic E-state index is 12.0. The minimum Gasteiger partial charge on any atom is -0.508 e. The molecule has 0 bridgehead atoms. The lowest BCUT2D eigenvalue weighted by Gasteiger charge is -2.12. The zero-order chi connectivity index (χ0) is 16.4. The van der Waals surface area contributed by atoms with Crippen LogP contribution in [-0.4, -0.2) is 39.8 Å². The molecular weight excluding hydrogens is 314 g/mol. The van der Waals surface area contributed by atoms with Crippen molar-refractivity contribution in [1.29, 1.82) is 0 Å². The molecule has 6 nitrogen and oxygen atoms in total. The van der Waals surface area contributed by atoms with E-state index in [1.54, 1.807) is 17.6 Å². The van der Waals surface area contributed by atoms with Gasteiger partial charge in [-0.05, 0) is 25.0 Å². The number of rotatable bonds is 4. The van der Waals surface area contributed by atoms with Crippen LogP contribution < -0.4 is 10.6 Å². The molecule has 0 saturated carbocycles. The molecule has 1 aromatic heterocycles. The van der Waals surface area contributed by atoms with Crippen molar-refractivity contribution in [3.63, 3.8) is 0 Å². The molecule has 7 heteroatoms. The molecule has 1 saturated heterocycles. The maximum absolute atomic E-state index is 12.0. The summed E-state index contributed by atoms with van der Waals surface area (Å²) >= 11 is 1.53. The monoisotopic (exact) mass is 333 g/mol. The summed E-state index contributed by atoms with van der Waals surface area (Å²) in [5.41, 5.74) is 4.28. The predicted molar refractivity (Wildman–Crippen MR) is 88.2 cm³/mol. The van der Waals surface area contributed by atoms with Crippen LogP contribution in [-0.2, 0) is 11.3 Å². The lowest BCUT2D eigenvalue weighted by molar-refractivity contribution is -0.123. The molecule has 0 aliphatic carbocycles.